The van der Waals surface area contributed by atoms with Gasteiger partial charge in [-0.25, -0.2) is 0 Å². The van der Waals surface area contributed by atoms with Crippen molar-refractivity contribution in [1.29, 1.82) is 0 Å². The van der Waals surface area contributed by atoms with Gasteiger partial charge in [0.05, 0.1) is 0 Å². The zero-order valence-corrected chi connectivity index (χ0v) is 7.82. The topological polar surface area (TPSA) is 12.0 Å². The van der Waals surface area contributed by atoms with Crippen molar-refractivity contribution in [3.05, 3.63) is 0 Å². The third-order valence-corrected chi connectivity index (χ3v) is 2.78. The van der Waals surface area contributed by atoms with E-state index in [0.29, 0.717) is 12.5 Å². The number of halogens is 3. The van der Waals surface area contributed by atoms with E-state index in [9.17, 15) is 13.2 Å². The molecule has 0 aromatic rings. The van der Waals surface area contributed by atoms with Gasteiger partial charge in [-0.05, 0) is 25.4 Å². The summed E-state index contributed by atoms with van der Waals surface area (Å²) >= 11 is 0. The van der Waals surface area contributed by atoms with E-state index in [2.05, 4.69) is 5.32 Å². The number of hydrogen-bond acceptors (Lipinski definition) is 1. The SMILES string of the molecule is CNC[C@@H](CC(F)(F)F)C1CCC1. The fourth-order valence-electron chi connectivity index (χ4n) is 1.88. The second-order valence-electron chi connectivity index (χ2n) is 3.83. The van der Waals surface area contributed by atoms with Crippen LogP contribution in [0.25, 0.3) is 0 Å². The molecule has 13 heavy (non-hydrogen) atoms. The van der Waals surface area contributed by atoms with Gasteiger partial charge in [0.1, 0.15) is 0 Å². The van der Waals surface area contributed by atoms with Crippen LogP contribution in [0.3, 0.4) is 0 Å². The molecular formula is C9H16F3N. The largest absolute Gasteiger partial charge is 0.389 e. The van der Waals surface area contributed by atoms with Crippen LogP contribution in [0.2, 0.25) is 0 Å². The highest BCUT2D eigenvalue weighted by molar-refractivity contribution is 4.80. The van der Waals surface area contributed by atoms with E-state index in [4.69, 9.17) is 0 Å². The predicted octanol–water partition coefficient (Wildman–Crippen LogP) is 2.57. The number of alkyl halides is 3. The van der Waals surface area contributed by atoms with Gasteiger partial charge in [-0.15, -0.1) is 0 Å². The molecule has 1 nitrogen and oxygen atoms in total. The Morgan fingerprint density at radius 3 is 2.31 bits per heavy atom. The molecule has 1 rings (SSSR count). The minimum Gasteiger partial charge on any atom is -0.319 e. The summed E-state index contributed by atoms with van der Waals surface area (Å²) in [6.07, 6.45) is -1.58. The standard InChI is InChI=1S/C9H16F3N/c1-13-6-8(5-9(10,11)12)7-3-2-4-7/h7-8,13H,2-6H2,1H3/t8-/m1/s1. The lowest BCUT2D eigenvalue weighted by molar-refractivity contribution is -0.150. The second kappa shape index (κ2) is 4.31. The minimum absolute atomic E-state index is 0.209. The molecule has 0 aromatic carbocycles. The number of nitrogens with one attached hydrogen (secondary N) is 1. The van der Waals surface area contributed by atoms with Gasteiger partial charge >= 0.3 is 6.18 Å². The van der Waals surface area contributed by atoms with Crippen molar-refractivity contribution in [2.24, 2.45) is 11.8 Å². The Hall–Kier alpha value is -0.250. The Balaban J connectivity index is 2.37. The van der Waals surface area contributed by atoms with Crippen LogP contribution < -0.4 is 5.32 Å². The molecule has 4 heteroatoms. The van der Waals surface area contributed by atoms with E-state index in [1.807, 2.05) is 0 Å². The Labute approximate surface area is 76.7 Å². The van der Waals surface area contributed by atoms with Crippen LogP contribution >= 0.6 is 0 Å². The van der Waals surface area contributed by atoms with Gasteiger partial charge in [0.15, 0.2) is 0 Å². The molecule has 0 radical (unpaired) electrons. The molecule has 0 aliphatic heterocycles. The lowest BCUT2D eigenvalue weighted by Gasteiger charge is -2.34. The summed E-state index contributed by atoms with van der Waals surface area (Å²) < 4.78 is 36.4. The van der Waals surface area contributed by atoms with Gasteiger partial charge < -0.3 is 5.32 Å². The van der Waals surface area contributed by atoms with Crippen LogP contribution in [0.1, 0.15) is 25.7 Å². The van der Waals surface area contributed by atoms with Crippen molar-refractivity contribution in [3.63, 3.8) is 0 Å². The first-order chi connectivity index (χ1) is 6.03. The average molecular weight is 195 g/mol. The molecule has 1 saturated carbocycles. The Morgan fingerprint density at radius 1 is 1.38 bits per heavy atom. The van der Waals surface area contributed by atoms with Gasteiger partial charge in [0, 0.05) is 6.42 Å². The Bertz CT molecular complexity index is 151. The van der Waals surface area contributed by atoms with Crippen LogP contribution in [0.5, 0.6) is 0 Å². The average Bonchev–Trinajstić information content (AvgIpc) is 1.79. The highest BCUT2D eigenvalue weighted by atomic mass is 19.4. The second-order valence-corrected chi connectivity index (χ2v) is 3.83. The quantitative estimate of drug-likeness (QED) is 0.727. The van der Waals surface area contributed by atoms with Crippen LogP contribution in [-0.2, 0) is 0 Å². The molecule has 0 amide bonds. The van der Waals surface area contributed by atoms with Crippen LogP contribution in [0.15, 0.2) is 0 Å². The zero-order valence-electron chi connectivity index (χ0n) is 7.82. The maximum atomic E-state index is 12.1. The first-order valence-corrected chi connectivity index (χ1v) is 4.74. The van der Waals surface area contributed by atoms with Crippen molar-refractivity contribution >= 4 is 0 Å². The molecule has 0 heterocycles. The third-order valence-electron chi connectivity index (χ3n) is 2.78. The molecular weight excluding hydrogens is 179 g/mol. The number of rotatable bonds is 4. The molecule has 1 N–H and O–H groups in total. The smallest absolute Gasteiger partial charge is 0.319 e. The maximum Gasteiger partial charge on any atom is 0.389 e. The van der Waals surface area contributed by atoms with Crippen LogP contribution in [0.4, 0.5) is 13.2 Å². The number of hydrogen-bond donors (Lipinski definition) is 1. The van der Waals surface area contributed by atoms with Crippen LogP contribution in [0, 0.1) is 11.8 Å². The van der Waals surface area contributed by atoms with E-state index in [1.165, 1.54) is 0 Å². The molecule has 0 unspecified atom stereocenters. The molecule has 0 saturated heterocycles. The predicted molar refractivity (Wildman–Crippen MR) is 45.4 cm³/mol. The third kappa shape index (κ3) is 3.55. The molecule has 78 valence electrons. The maximum absolute atomic E-state index is 12.1. The van der Waals surface area contributed by atoms with Crippen molar-refractivity contribution in [3.8, 4) is 0 Å². The van der Waals surface area contributed by atoms with E-state index in [1.54, 1.807) is 7.05 Å². The monoisotopic (exact) mass is 195 g/mol. The van der Waals surface area contributed by atoms with E-state index in [-0.39, 0.29) is 5.92 Å². The summed E-state index contributed by atoms with van der Waals surface area (Å²) in [4.78, 5) is 0. The Morgan fingerprint density at radius 2 is 2.00 bits per heavy atom. The molecule has 1 atom stereocenters. The normalized spacial score (nSPS) is 21.2. The highest BCUT2D eigenvalue weighted by Crippen LogP contribution is 2.38. The molecule has 1 aliphatic rings. The molecule has 0 bridgehead atoms. The molecule has 0 aromatic heterocycles. The fourth-order valence-corrected chi connectivity index (χ4v) is 1.88. The van der Waals surface area contributed by atoms with Gasteiger partial charge in [0.25, 0.3) is 0 Å². The summed E-state index contributed by atoms with van der Waals surface area (Å²) in [6, 6.07) is 0. The van der Waals surface area contributed by atoms with Crippen molar-refractivity contribution < 1.29 is 13.2 Å². The summed E-state index contributed by atoms with van der Waals surface area (Å²) in [7, 11) is 1.71. The fraction of sp³-hybridized carbons (Fsp3) is 1.00. The van der Waals surface area contributed by atoms with E-state index >= 15 is 0 Å². The summed E-state index contributed by atoms with van der Waals surface area (Å²) in [5, 5.41) is 2.84. The van der Waals surface area contributed by atoms with Gasteiger partial charge in [-0.2, -0.15) is 13.2 Å². The van der Waals surface area contributed by atoms with Gasteiger partial charge in [-0.3, -0.25) is 0 Å². The van der Waals surface area contributed by atoms with Crippen LogP contribution in [-0.4, -0.2) is 19.8 Å². The summed E-state index contributed by atoms with van der Waals surface area (Å²) in [5.41, 5.74) is 0. The van der Waals surface area contributed by atoms with Crippen molar-refractivity contribution in [2.75, 3.05) is 13.6 Å². The van der Waals surface area contributed by atoms with Gasteiger partial charge in [-0.1, -0.05) is 19.3 Å². The van der Waals surface area contributed by atoms with Gasteiger partial charge in [0.2, 0.25) is 0 Å². The van der Waals surface area contributed by atoms with Crippen molar-refractivity contribution in [2.45, 2.75) is 31.9 Å². The molecule has 1 aliphatic carbocycles. The first-order valence-electron chi connectivity index (χ1n) is 4.74. The lowest BCUT2D eigenvalue weighted by Crippen LogP contribution is -2.33. The first kappa shape index (κ1) is 10.8. The molecule has 1 fully saturated rings. The van der Waals surface area contributed by atoms with E-state index in [0.717, 1.165) is 19.3 Å². The summed E-state index contributed by atoms with van der Waals surface area (Å²) in [5.74, 6) is 0.0906. The Kier molecular flexibility index (Phi) is 3.59. The zero-order chi connectivity index (χ0) is 9.90. The highest BCUT2D eigenvalue weighted by Gasteiger charge is 2.37. The minimum atomic E-state index is -4.00. The summed E-state index contributed by atoms with van der Waals surface area (Å²) in [6.45, 7) is 0.490. The van der Waals surface area contributed by atoms with Crippen molar-refractivity contribution in [1.82, 2.24) is 5.32 Å². The lowest BCUT2D eigenvalue weighted by atomic mass is 9.74. The molecule has 0 spiro atoms. The van der Waals surface area contributed by atoms with E-state index < -0.39 is 12.6 Å².